The zero-order chi connectivity index (χ0) is 7.90. The fraction of sp³-hybridized carbons (Fsp3) is 1.00. The average molecular weight is 266 g/mol. The molecule has 2 heterocycles. The summed E-state index contributed by atoms with van der Waals surface area (Å²) in [5.41, 5.74) is 0.577. The third kappa shape index (κ3) is 1.31. The standard InChI is InChI=1S/C8H15IN2/c1-10-5-2-3-8(7-10)4-6-11(8)9/h2-7H2,1H3. The summed E-state index contributed by atoms with van der Waals surface area (Å²) in [6, 6.07) is 0. The maximum absolute atomic E-state index is 2.50. The number of hydrogen-bond donors (Lipinski definition) is 0. The zero-order valence-electron chi connectivity index (χ0n) is 7.02. The summed E-state index contributed by atoms with van der Waals surface area (Å²) in [4.78, 5) is 2.47. The first-order valence-electron chi connectivity index (χ1n) is 4.35. The lowest BCUT2D eigenvalue weighted by Crippen LogP contribution is -2.62. The van der Waals surface area contributed by atoms with Crippen molar-refractivity contribution in [3.05, 3.63) is 0 Å². The predicted molar refractivity (Wildman–Crippen MR) is 54.8 cm³/mol. The zero-order valence-corrected chi connectivity index (χ0v) is 9.17. The fourth-order valence-electron chi connectivity index (χ4n) is 2.25. The number of likely N-dealkylation sites (tertiary alicyclic amines) is 1. The smallest absolute Gasteiger partial charge is 0.0444 e. The van der Waals surface area contributed by atoms with Crippen LogP contribution in [0.2, 0.25) is 0 Å². The largest absolute Gasteiger partial charge is 0.304 e. The van der Waals surface area contributed by atoms with Crippen LogP contribution in [0.3, 0.4) is 0 Å². The Hall–Kier alpha value is 0.650. The van der Waals surface area contributed by atoms with E-state index in [9.17, 15) is 0 Å². The molecule has 2 nitrogen and oxygen atoms in total. The van der Waals surface area contributed by atoms with E-state index in [2.05, 4.69) is 37.9 Å². The molecule has 1 spiro atoms. The van der Waals surface area contributed by atoms with Crippen LogP contribution < -0.4 is 0 Å². The van der Waals surface area contributed by atoms with Gasteiger partial charge in [-0.25, -0.2) is 3.11 Å². The number of rotatable bonds is 0. The molecule has 0 saturated carbocycles. The first-order chi connectivity index (χ1) is 5.23. The summed E-state index contributed by atoms with van der Waals surface area (Å²) in [6.07, 6.45) is 4.22. The molecule has 0 aromatic rings. The Morgan fingerprint density at radius 3 is 2.45 bits per heavy atom. The molecule has 1 atom stereocenters. The van der Waals surface area contributed by atoms with Gasteiger partial charge in [0.25, 0.3) is 0 Å². The minimum atomic E-state index is 0.577. The normalized spacial score (nSPS) is 40.9. The van der Waals surface area contributed by atoms with Crippen LogP contribution in [-0.4, -0.2) is 40.2 Å². The fourth-order valence-corrected chi connectivity index (χ4v) is 3.13. The molecule has 1 unspecified atom stereocenters. The lowest BCUT2D eigenvalue weighted by atomic mass is 9.80. The topological polar surface area (TPSA) is 6.48 Å². The molecule has 11 heavy (non-hydrogen) atoms. The average Bonchev–Trinajstić information content (AvgIpc) is 2.02. The van der Waals surface area contributed by atoms with Gasteiger partial charge in [-0.05, 0) is 32.9 Å². The highest BCUT2D eigenvalue weighted by Crippen LogP contribution is 2.40. The van der Waals surface area contributed by atoms with E-state index in [0.717, 1.165) is 0 Å². The van der Waals surface area contributed by atoms with Crippen LogP contribution in [0.25, 0.3) is 0 Å². The van der Waals surface area contributed by atoms with Gasteiger partial charge in [0.05, 0.1) is 0 Å². The van der Waals surface area contributed by atoms with Gasteiger partial charge >= 0.3 is 0 Å². The van der Waals surface area contributed by atoms with Gasteiger partial charge in [-0.2, -0.15) is 0 Å². The van der Waals surface area contributed by atoms with E-state index in [1.165, 1.54) is 38.9 Å². The Balaban J connectivity index is 2.01. The van der Waals surface area contributed by atoms with Crippen molar-refractivity contribution in [3.63, 3.8) is 0 Å². The second kappa shape index (κ2) is 2.85. The molecule has 0 amide bonds. The molecule has 0 aromatic heterocycles. The van der Waals surface area contributed by atoms with Crippen molar-refractivity contribution in [1.82, 2.24) is 8.01 Å². The Morgan fingerprint density at radius 2 is 2.09 bits per heavy atom. The van der Waals surface area contributed by atoms with Gasteiger partial charge < -0.3 is 4.90 Å². The summed E-state index contributed by atoms with van der Waals surface area (Å²) in [5, 5.41) is 0. The van der Waals surface area contributed by atoms with Crippen LogP contribution in [0, 0.1) is 0 Å². The van der Waals surface area contributed by atoms with Crippen LogP contribution in [0.5, 0.6) is 0 Å². The minimum absolute atomic E-state index is 0.577. The van der Waals surface area contributed by atoms with Gasteiger partial charge in [0.2, 0.25) is 0 Å². The molecule has 2 saturated heterocycles. The third-order valence-electron chi connectivity index (χ3n) is 3.03. The van der Waals surface area contributed by atoms with Gasteiger partial charge in [-0.1, -0.05) is 0 Å². The van der Waals surface area contributed by atoms with E-state index < -0.39 is 0 Å². The lowest BCUT2D eigenvalue weighted by molar-refractivity contribution is 0.0251. The van der Waals surface area contributed by atoms with Crippen LogP contribution >= 0.6 is 22.9 Å². The highest BCUT2D eigenvalue weighted by atomic mass is 127. The SMILES string of the molecule is CN1CCCC2(CCN2I)C1. The van der Waals surface area contributed by atoms with Crippen LogP contribution in [0.15, 0.2) is 0 Å². The number of piperidine rings is 1. The van der Waals surface area contributed by atoms with Crippen molar-refractivity contribution in [3.8, 4) is 0 Å². The number of hydrogen-bond acceptors (Lipinski definition) is 2. The molecule has 2 aliphatic rings. The van der Waals surface area contributed by atoms with E-state index in [-0.39, 0.29) is 0 Å². The van der Waals surface area contributed by atoms with Gasteiger partial charge in [-0.3, -0.25) is 0 Å². The van der Waals surface area contributed by atoms with E-state index in [1.54, 1.807) is 0 Å². The monoisotopic (exact) mass is 266 g/mol. The molecule has 0 aliphatic carbocycles. The molecule has 2 aliphatic heterocycles. The number of nitrogens with zero attached hydrogens (tertiary/aromatic N) is 2. The van der Waals surface area contributed by atoms with Crippen LogP contribution in [0.1, 0.15) is 19.3 Å². The minimum Gasteiger partial charge on any atom is -0.304 e. The predicted octanol–water partition coefficient (Wildman–Crippen LogP) is 1.51. The molecular formula is C8H15IN2. The molecule has 0 bridgehead atoms. The summed E-state index contributed by atoms with van der Waals surface area (Å²) in [6.45, 7) is 3.89. The molecule has 3 heteroatoms. The van der Waals surface area contributed by atoms with Crippen molar-refractivity contribution in [2.75, 3.05) is 26.7 Å². The summed E-state index contributed by atoms with van der Waals surface area (Å²) >= 11 is 2.48. The second-order valence-corrected chi connectivity index (χ2v) is 5.07. The van der Waals surface area contributed by atoms with Crippen molar-refractivity contribution in [2.24, 2.45) is 0 Å². The molecular weight excluding hydrogens is 251 g/mol. The van der Waals surface area contributed by atoms with Gasteiger partial charge in [-0.15, -0.1) is 0 Å². The molecule has 0 aromatic carbocycles. The van der Waals surface area contributed by atoms with E-state index >= 15 is 0 Å². The lowest BCUT2D eigenvalue weighted by Gasteiger charge is -2.53. The van der Waals surface area contributed by atoms with E-state index in [4.69, 9.17) is 0 Å². The van der Waals surface area contributed by atoms with Gasteiger partial charge in [0.1, 0.15) is 0 Å². The summed E-state index contributed by atoms with van der Waals surface area (Å²) in [7, 11) is 2.24. The molecule has 0 N–H and O–H groups in total. The van der Waals surface area contributed by atoms with E-state index in [1.807, 2.05) is 0 Å². The van der Waals surface area contributed by atoms with Crippen LogP contribution in [-0.2, 0) is 0 Å². The molecule has 64 valence electrons. The third-order valence-corrected chi connectivity index (χ3v) is 4.54. The summed E-state index contributed by atoms with van der Waals surface area (Å²) in [5.74, 6) is 0. The van der Waals surface area contributed by atoms with E-state index in [0.29, 0.717) is 5.54 Å². The number of halogens is 1. The quantitative estimate of drug-likeness (QED) is 0.484. The van der Waals surface area contributed by atoms with Crippen molar-refractivity contribution in [2.45, 2.75) is 24.8 Å². The van der Waals surface area contributed by atoms with Crippen molar-refractivity contribution >= 4 is 22.9 Å². The Labute approximate surface area is 82.4 Å². The van der Waals surface area contributed by atoms with Crippen molar-refractivity contribution in [1.29, 1.82) is 0 Å². The Morgan fingerprint density at radius 1 is 1.27 bits per heavy atom. The highest BCUT2D eigenvalue weighted by Gasteiger charge is 2.45. The molecule has 2 rings (SSSR count). The first-order valence-corrected chi connectivity index (χ1v) is 5.31. The second-order valence-electron chi connectivity index (χ2n) is 3.90. The van der Waals surface area contributed by atoms with Crippen molar-refractivity contribution < 1.29 is 0 Å². The maximum atomic E-state index is 2.50. The summed E-state index contributed by atoms with van der Waals surface area (Å²) < 4.78 is 2.50. The van der Waals surface area contributed by atoms with Gasteiger partial charge in [0.15, 0.2) is 0 Å². The van der Waals surface area contributed by atoms with Crippen LogP contribution in [0.4, 0.5) is 0 Å². The molecule has 2 fully saturated rings. The number of likely N-dealkylation sites (N-methyl/N-ethyl adjacent to an activating group) is 1. The Kier molecular flexibility index (Phi) is 2.14. The van der Waals surface area contributed by atoms with Gasteiger partial charge in [0, 0.05) is 41.5 Å². The first kappa shape index (κ1) is 8.26. The maximum Gasteiger partial charge on any atom is 0.0444 e. The Bertz CT molecular complexity index is 162. The molecule has 0 radical (unpaired) electrons. The highest BCUT2D eigenvalue weighted by molar-refractivity contribution is 14.1.